The highest BCUT2D eigenvalue weighted by Crippen LogP contribution is 2.21. The minimum absolute atomic E-state index is 0.121. The number of ether oxygens (including phenoxy) is 1. The molecule has 6 heteroatoms. The van der Waals surface area contributed by atoms with Crippen molar-refractivity contribution < 1.29 is 14.3 Å². The molecule has 0 radical (unpaired) electrons. The lowest BCUT2D eigenvalue weighted by molar-refractivity contribution is -0.123. The van der Waals surface area contributed by atoms with E-state index in [-0.39, 0.29) is 11.9 Å². The standard InChI is InChI=1S/C19H29N3O3/c1-19(2,3)25-18(24)21-10-6-9-16(20)17(23)22-15-11-13-7-4-5-8-14(13)12-15/h4-5,7-8,15-16H,6,9-12,20H2,1-3H3,(H,21,24)(H,22,23). The Hall–Kier alpha value is -2.08. The van der Waals surface area contributed by atoms with Gasteiger partial charge in [0.05, 0.1) is 6.04 Å². The lowest BCUT2D eigenvalue weighted by atomic mass is 10.1. The number of carbonyl (C=O) groups is 2. The van der Waals surface area contributed by atoms with Crippen molar-refractivity contribution in [1.82, 2.24) is 10.6 Å². The van der Waals surface area contributed by atoms with Gasteiger partial charge < -0.3 is 21.1 Å². The summed E-state index contributed by atoms with van der Waals surface area (Å²) in [5.74, 6) is -0.130. The van der Waals surface area contributed by atoms with Crippen molar-refractivity contribution in [1.29, 1.82) is 0 Å². The maximum absolute atomic E-state index is 12.2. The van der Waals surface area contributed by atoms with Gasteiger partial charge in [0, 0.05) is 12.6 Å². The van der Waals surface area contributed by atoms with Crippen molar-refractivity contribution >= 4 is 12.0 Å². The van der Waals surface area contributed by atoms with E-state index < -0.39 is 17.7 Å². The number of fused-ring (bicyclic) bond motifs is 1. The molecule has 1 aliphatic rings. The molecule has 1 aromatic rings. The van der Waals surface area contributed by atoms with Crippen LogP contribution in [0, 0.1) is 0 Å². The van der Waals surface area contributed by atoms with Crippen LogP contribution in [0.3, 0.4) is 0 Å². The number of nitrogens with two attached hydrogens (primary N) is 1. The number of rotatable bonds is 6. The van der Waals surface area contributed by atoms with Crippen LogP contribution in [0.25, 0.3) is 0 Å². The molecule has 1 aromatic carbocycles. The lowest BCUT2D eigenvalue weighted by Gasteiger charge is -2.20. The maximum Gasteiger partial charge on any atom is 0.407 e. The highest BCUT2D eigenvalue weighted by Gasteiger charge is 2.24. The normalized spacial score (nSPS) is 15.4. The minimum Gasteiger partial charge on any atom is -0.444 e. The second-order valence-electron chi connectivity index (χ2n) is 7.56. The molecule has 0 bridgehead atoms. The van der Waals surface area contributed by atoms with Crippen LogP contribution in [0.4, 0.5) is 4.79 Å². The second-order valence-corrected chi connectivity index (χ2v) is 7.56. The molecule has 0 aromatic heterocycles. The highest BCUT2D eigenvalue weighted by molar-refractivity contribution is 5.81. The van der Waals surface area contributed by atoms with Crippen LogP contribution in [0.1, 0.15) is 44.7 Å². The predicted molar refractivity (Wildman–Crippen MR) is 97.2 cm³/mol. The zero-order valence-corrected chi connectivity index (χ0v) is 15.3. The second kappa shape index (κ2) is 8.34. The summed E-state index contributed by atoms with van der Waals surface area (Å²) < 4.78 is 5.15. The Morgan fingerprint density at radius 3 is 2.40 bits per heavy atom. The first-order valence-corrected chi connectivity index (χ1v) is 8.84. The van der Waals surface area contributed by atoms with Gasteiger partial charge in [-0.2, -0.15) is 0 Å². The van der Waals surface area contributed by atoms with Crippen LogP contribution < -0.4 is 16.4 Å². The number of hydrogen-bond acceptors (Lipinski definition) is 4. The quantitative estimate of drug-likeness (QED) is 0.685. The third-order valence-corrected chi connectivity index (χ3v) is 4.09. The van der Waals surface area contributed by atoms with Crippen LogP contribution in [-0.4, -0.2) is 36.2 Å². The third kappa shape index (κ3) is 6.38. The Bertz CT molecular complexity index is 585. The summed E-state index contributed by atoms with van der Waals surface area (Å²) in [5.41, 5.74) is 8.04. The molecule has 1 unspecified atom stereocenters. The van der Waals surface area contributed by atoms with Crippen LogP contribution in [-0.2, 0) is 22.4 Å². The fourth-order valence-electron chi connectivity index (χ4n) is 2.93. The topological polar surface area (TPSA) is 93.4 Å². The highest BCUT2D eigenvalue weighted by atomic mass is 16.6. The van der Waals surface area contributed by atoms with Crippen molar-refractivity contribution in [3.63, 3.8) is 0 Å². The summed E-state index contributed by atoms with van der Waals surface area (Å²) in [5, 5.41) is 5.70. The summed E-state index contributed by atoms with van der Waals surface area (Å²) in [7, 11) is 0. The lowest BCUT2D eigenvalue weighted by Crippen LogP contribution is -2.46. The van der Waals surface area contributed by atoms with E-state index in [1.807, 2.05) is 32.9 Å². The van der Waals surface area contributed by atoms with E-state index in [2.05, 4.69) is 22.8 Å². The molecule has 0 heterocycles. The number of amides is 2. The first kappa shape index (κ1) is 19.2. The van der Waals surface area contributed by atoms with Crippen molar-refractivity contribution in [2.75, 3.05) is 6.54 Å². The average molecular weight is 347 g/mol. The molecule has 0 fully saturated rings. The van der Waals surface area contributed by atoms with Gasteiger partial charge in [-0.3, -0.25) is 4.79 Å². The van der Waals surface area contributed by atoms with Gasteiger partial charge in [-0.25, -0.2) is 4.79 Å². The van der Waals surface area contributed by atoms with Gasteiger partial charge >= 0.3 is 6.09 Å². The fraction of sp³-hybridized carbons (Fsp3) is 0.579. The van der Waals surface area contributed by atoms with Crippen LogP contribution in [0.5, 0.6) is 0 Å². The van der Waals surface area contributed by atoms with Gasteiger partial charge in [-0.1, -0.05) is 24.3 Å². The van der Waals surface area contributed by atoms with E-state index in [0.29, 0.717) is 19.4 Å². The number of alkyl carbamates (subject to hydrolysis) is 1. The van der Waals surface area contributed by atoms with Gasteiger partial charge in [0.15, 0.2) is 0 Å². The first-order valence-electron chi connectivity index (χ1n) is 8.84. The van der Waals surface area contributed by atoms with E-state index in [1.54, 1.807) is 0 Å². The van der Waals surface area contributed by atoms with Gasteiger partial charge in [0.1, 0.15) is 5.60 Å². The molecule has 1 aliphatic carbocycles. The number of hydrogen-bond donors (Lipinski definition) is 3. The number of benzene rings is 1. The molecule has 0 spiro atoms. The predicted octanol–water partition coefficient (Wildman–Crippen LogP) is 1.90. The van der Waals surface area contributed by atoms with E-state index in [0.717, 1.165) is 12.8 Å². The number of carbonyl (C=O) groups excluding carboxylic acids is 2. The molecule has 6 nitrogen and oxygen atoms in total. The van der Waals surface area contributed by atoms with Gasteiger partial charge in [-0.15, -0.1) is 0 Å². The van der Waals surface area contributed by atoms with Gasteiger partial charge in [0.25, 0.3) is 0 Å². The third-order valence-electron chi connectivity index (χ3n) is 4.09. The summed E-state index contributed by atoms with van der Waals surface area (Å²) in [6.07, 6.45) is 2.40. The average Bonchev–Trinajstić information content (AvgIpc) is 2.91. The molecule has 2 rings (SSSR count). The van der Waals surface area contributed by atoms with E-state index in [1.165, 1.54) is 11.1 Å². The Labute approximate surface area is 149 Å². The Balaban J connectivity index is 1.64. The molecule has 0 saturated heterocycles. The smallest absolute Gasteiger partial charge is 0.407 e. The summed E-state index contributed by atoms with van der Waals surface area (Å²) in [4.78, 5) is 23.7. The Morgan fingerprint density at radius 2 is 1.84 bits per heavy atom. The van der Waals surface area contributed by atoms with Crippen LogP contribution in [0.15, 0.2) is 24.3 Å². The summed E-state index contributed by atoms with van der Waals surface area (Å²) >= 11 is 0. The first-order chi connectivity index (χ1) is 11.7. The van der Waals surface area contributed by atoms with Crippen LogP contribution in [0.2, 0.25) is 0 Å². The molecular formula is C19H29N3O3. The Morgan fingerprint density at radius 1 is 1.24 bits per heavy atom. The number of nitrogens with one attached hydrogen (secondary N) is 2. The van der Waals surface area contributed by atoms with Crippen LogP contribution >= 0.6 is 0 Å². The van der Waals surface area contributed by atoms with E-state index in [9.17, 15) is 9.59 Å². The molecule has 25 heavy (non-hydrogen) atoms. The van der Waals surface area contributed by atoms with Gasteiger partial charge in [-0.05, 0) is 57.6 Å². The maximum atomic E-state index is 12.2. The molecule has 138 valence electrons. The van der Waals surface area contributed by atoms with E-state index >= 15 is 0 Å². The van der Waals surface area contributed by atoms with Crippen molar-refractivity contribution in [2.24, 2.45) is 5.73 Å². The summed E-state index contributed by atoms with van der Waals surface area (Å²) in [6, 6.07) is 7.80. The van der Waals surface area contributed by atoms with Crippen molar-refractivity contribution in [3.8, 4) is 0 Å². The fourth-order valence-corrected chi connectivity index (χ4v) is 2.93. The zero-order chi connectivity index (χ0) is 18.4. The molecule has 1 atom stereocenters. The molecule has 0 saturated carbocycles. The molecular weight excluding hydrogens is 318 g/mol. The monoisotopic (exact) mass is 347 g/mol. The van der Waals surface area contributed by atoms with Crippen molar-refractivity contribution in [3.05, 3.63) is 35.4 Å². The SMILES string of the molecule is CC(C)(C)OC(=O)NCCCC(N)C(=O)NC1Cc2ccccc2C1. The van der Waals surface area contributed by atoms with Gasteiger partial charge in [0.2, 0.25) is 5.91 Å². The van der Waals surface area contributed by atoms with E-state index in [4.69, 9.17) is 10.5 Å². The minimum atomic E-state index is -0.566. The molecule has 4 N–H and O–H groups in total. The zero-order valence-electron chi connectivity index (χ0n) is 15.3. The Kier molecular flexibility index (Phi) is 6.42. The summed E-state index contributed by atoms with van der Waals surface area (Å²) in [6.45, 7) is 5.88. The molecule has 0 aliphatic heterocycles. The molecule has 2 amide bonds. The van der Waals surface area contributed by atoms with Crippen molar-refractivity contribution in [2.45, 2.75) is 64.1 Å². The largest absolute Gasteiger partial charge is 0.444 e.